The number of amides is 1. The van der Waals surface area contributed by atoms with Crippen molar-refractivity contribution in [3.63, 3.8) is 0 Å². The molecule has 38 heavy (non-hydrogen) atoms. The molecule has 0 fully saturated rings. The Bertz CT molecular complexity index is 1560. The Morgan fingerprint density at radius 3 is 2.16 bits per heavy atom. The molecule has 0 unspecified atom stereocenters. The number of carbonyl (C=O) groups excluding carboxylic acids is 1. The largest absolute Gasteiger partial charge is 0.485 e. The van der Waals surface area contributed by atoms with Crippen LogP contribution in [0.5, 0.6) is 11.5 Å². The molecule has 6 N–H and O–H groups in total. The van der Waals surface area contributed by atoms with Crippen molar-refractivity contribution in [3.05, 3.63) is 114 Å². The smallest absolute Gasteiger partial charge is 0.253 e. The molecule has 0 radical (unpaired) electrons. The van der Waals surface area contributed by atoms with Crippen molar-refractivity contribution >= 4 is 21.8 Å². The zero-order valence-corrected chi connectivity index (χ0v) is 21.1. The van der Waals surface area contributed by atoms with E-state index in [1.807, 2.05) is 30.3 Å². The van der Waals surface area contributed by atoms with E-state index < -0.39 is 15.9 Å². The molecule has 0 aliphatic heterocycles. The minimum atomic E-state index is -3.91. The second kappa shape index (κ2) is 11.6. The molecule has 0 aliphatic rings. The van der Waals surface area contributed by atoms with Crippen LogP contribution in [0.15, 0.2) is 102 Å². The van der Waals surface area contributed by atoms with Gasteiger partial charge in [0.05, 0.1) is 4.90 Å². The van der Waals surface area contributed by atoms with E-state index in [-0.39, 0.29) is 17.5 Å². The maximum Gasteiger partial charge on any atom is 0.253 e. The summed E-state index contributed by atoms with van der Waals surface area (Å²) >= 11 is 0. The van der Waals surface area contributed by atoms with Gasteiger partial charge in [-0.05, 0) is 47.5 Å². The summed E-state index contributed by atoms with van der Waals surface area (Å²) in [6, 6.07) is 27.3. The van der Waals surface area contributed by atoms with Gasteiger partial charge in [0.15, 0.2) is 18.2 Å². The number of nitrogens with two attached hydrogens (primary N) is 2. The van der Waals surface area contributed by atoms with E-state index in [0.29, 0.717) is 40.4 Å². The second-order valence-electron chi connectivity index (χ2n) is 8.26. The summed E-state index contributed by atoms with van der Waals surface area (Å²) in [4.78, 5) is 12.7. The Hall–Kier alpha value is -4.67. The predicted octanol–water partition coefficient (Wildman–Crippen LogP) is 3.63. The Kier molecular flexibility index (Phi) is 8.05. The molecule has 0 aromatic heterocycles. The molecule has 0 heterocycles. The average Bonchev–Trinajstić information content (AvgIpc) is 2.92. The topological polar surface area (TPSA) is 158 Å². The number of amidine groups is 1. The first-order valence-electron chi connectivity index (χ1n) is 11.5. The standard InChI is InChI=1S/C28H26N4O5S/c29-27(30)22-14-15-24(36-17-19-6-2-1-3-7-19)25(16-22)37-18-32-28(33)21-12-10-20(11-13-21)23-8-4-5-9-26(23)38(31,34)35/h1-16H,17-18H2,(H3,29,30)(H,32,33)(H2,31,34,35). The molecular formula is C28H26N4O5S. The third-order valence-corrected chi connectivity index (χ3v) is 6.57. The van der Waals surface area contributed by atoms with E-state index in [4.69, 9.17) is 25.8 Å². The van der Waals surface area contributed by atoms with Gasteiger partial charge in [0.25, 0.3) is 5.91 Å². The van der Waals surface area contributed by atoms with Gasteiger partial charge in [0, 0.05) is 16.7 Å². The van der Waals surface area contributed by atoms with Crippen molar-refractivity contribution in [1.29, 1.82) is 5.41 Å². The van der Waals surface area contributed by atoms with Crippen molar-refractivity contribution in [2.45, 2.75) is 11.5 Å². The minimum Gasteiger partial charge on any atom is -0.485 e. The number of sulfonamides is 1. The first kappa shape index (κ1) is 26.4. The highest BCUT2D eigenvalue weighted by molar-refractivity contribution is 7.89. The van der Waals surface area contributed by atoms with Crippen LogP contribution in [0.2, 0.25) is 0 Å². The number of benzene rings is 4. The van der Waals surface area contributed by atoms with Crippen LogP contribution in [0, 0.1) is 5.41 Å². The lowest BCUT2D eigenvalue weighted by atomic mass is 10.0. The summed E-state index contributed by atoms with van der Waals surface area (Å²) < 4.78 is 35.5. The van der Waals surface area contributed by atoms with Gasteiger partial charge in [-0.25, -0.2) is 13.6 Å². The van der Waals surface area contributed by atoms with Crippen LogP contribution in [0.25, 0.3) is 11.1 Å². The number of rotatable bonds is 10. The van der Waals surface area contributed by atoms with E-state index in [0.717, 1.165) is 5.56 Å². The molecule has 194 valence electrons. The number of primary sulfonamides is 1. The first-order valence-corrected chi connectivity index (χ1v) is 13.1. The molecule has 1 amide bonds. The molecule has 0 saturated carbocycles. The number of nitrogens with one attached hydrogen (secondary N) is 2. The van der Waals surface area contributed by atoms with Gasteiger partial charge >= 0.3 is 0 Å². The number of ether oxygens (including phenoxy) is 2. The summed E-state index contributed by atoms with van der Waals surface area (Å²) in [5.41, 5.74) is 8.43. The summed E-state index contributed by atoms with van der Waals surface area (Å²) in [5.74, 6) is 0.234. The maximum atomic E-state index is 12.7. The lowest BCUT2D eigenvalue weighted by Gasteiger charge is -2.15. The van der Waals surface area contributed by atoms with Gasteiger partial charge in [0.2, 0.25) is 10.0 Å². The van der Waals surface area contributed by atoms with Gasteiger partial charge in [-0.15, -0.1) is 0 Å². The van der Waals surface area contributed by atoms with Gasteiger partial charge < -0.3 is 20.5 Å². The van der Waals surface area contributed by atoms with Gasteiger partial charge in [0.1, 0.15) is 12.4 Å². The summed E-state index contributed by atoms with van der Waals surface area (Å²) in [6.45, 7) is 0.141. The number of carbonyl (C=O) groups is 1. The van der Waals surface area contributed by atoms with Crippen LogP contribution in [0.4, 0.5) is 0 Å². The Labute approximate surface area is 220 Å². The highest BCUT2D eigenvalue weighted by atomic mass is 32.2. The normalized spacial score (nSPS) is 11.0. The van der Waals surface area contributed by atoms with Crippen molar-refractivity contribution in [2.75, 3.05) is 6.73 Å². The van der Waals surface area contributed by atoms with Gasteiger partial charge in [-0.2, -0.15) is 0 Å². The SMILES string of the molecule is N=C(N)c1ccc(OCc2ccccc2)c(OCNC(=O)c2ccc(-c3ccccc3S(N)(=O)=O)cc2)c1. The molecule has 4 rings (SSSR count). The number of nitrogen functional groups attached to an aromatic ring is 1. The lowest BCUT2D eigenvalue weighted by molar-refractivity contribution is 0.0917. The van der Waals surface area contributed by atoms with Crippen LogP contribution >= 0.6 is 0 Å². The van der Waals surface area contributed by atoms with Crippen LogP contribution in [0.3, 0.4) is 0 Å². The van der Waals surface area contributed by atoms with Crippen molar-refractivity contribution in [3.8, 4) is 22.6 Å². The molecule has 9 nitrogen and oxygen atoms in total. The predicted molar refractivity (Wildman–Crippen MR) is 144 cm³/mol. The molecule has 0 saturated heterocycles. The zero-order valence-electron chi connectivity index (χ0n) is 20.3. The third kappa shape index (κ3) is 6.55. The van der Waals surface area contributed by atoms with E-state index in [2.05, 4.69) is 5.32 Å². The van der Waals surface area contributed by atoms with E-state index in [9.17, 15) is 13.2 Å². The molecule has 0 bridgehead atoms. The van der Waals surface area contributed by atoms with Crippen LogP contribution in [-0.2, 0) is 16.6 Å². The number of hydrogen-bond donors (Lipinski definition) is 4. The molecule has 0 spiro atoms. The quantitative estimate of drug-likeness (QED) is 0.139. The summed E-state index contributed by atoms with van der Waals surface area (Å²) in [5, 5.41) is 15.7. The second-order valence-corrected chi connectivity index (χ2v) is 9.79. The summed E-state index contributed by atoms with van der Waals surface area (Å²) in [6.07, 6.45) is 0. The highest BCUT2D eigenvalue weighted by Crippen LogP contribution is 2.29. The Morgan fingerprint density at radius 2 is 1.47 bits per heavy atom. The van der Waals surface area contributed by atoms with Gasteiger partial charge in [-0.1, -0.05) is 60.7 Å². The van der Waals surface area contributed by atoms with E-state index in [1.165, 1.54) is 6.07 Å². The molecular weight excluding hydrogens is 504 g/mol. The van der Waals surface area contributed by atoms with E-state index >= 15 is 0 Å². The highest BCUT2D eigenvalue weighted by Gasteiger charge is 2.15. The molecule has 0 atom stereocenters. The molecule has 10 heteroatoms. The van der Waals surface area contributed by atoms with Crippen molar-refractivity contribution in [2.24, 2.45) is 10.9 Å². The van der Waals surface area contributed by atoms with Crippen LogP contribution < -0.4 is 25.7 Å². The number of hydrogen-bond acceptors (Lipinski definition) is 6. The minimum absolute atomic E-state index is 0.00341. The lowest BCUT2D eigenvalue weighted by Crippen LogP contribution is -2.27. The van der Waals surface area contributed by atoms with E-state index in [1.54, 1.807) is 60.7 Å². The Balaban J connectivity index is 1.43. The fraction of sp³-hybridized carbons (Fsp3) is 0.0714. The zero-order chi connectivity index (χ0) is 27.1. The average molecular weight is 531 g/mol. The Morgan fingerprint density at radius 1 is 0.816 bits per heavy atom. The van der Waals surface area contributed by atoms with Crippen LogP contribution in [0.1, 0.15) is 21.5 Å². The maximum absolute atomic E-state index is 12.7. The fourth-order valence-electron chi connectivity index (χ4n) is 3.68. The first-order chi connectivity index (χ1) is 18.2. The molecule has 0 aliphatic carbocycles. The fourth-order valence-corrected chi connectivity index (χ4v) is 4.44. The van der Waals surface area contributed by atoms with Gasteiger partial charge in [-0.3, -0.25) is 10.2 Å². The molecule has 4 aromatic rings. The van der Waals surface area contributed by atoms with Crippen LogP contribution in [-0.4, -0.2) is 26.9 Å². The van der Waals surface area contributed by atoms with Crippen molar-refractivity contribution < 1.29 is 22.7 Å². The third-order valence-electron chi connectivity index (χ3n) is 5.60. The monoisotopic (exact) mass is 530 g/mol. The van der Waals surface area contributed by atoms with Crippen molar-refractivity contribution in [1.82, 2.24) is 5.32 Å². The summed E-state index contributed by atoms with van der Waals surface area (Å²) in [7, 11) is -3.91. The molecule has 4 aromatic carbocycles.